The van der Waals surface area contributed by atoms with Crippen LogP contribution in [0.1, 0.15) is 41.8 Å². The largest absolute Gasteiger partial charge is 0.357 e. The summed E-state index contributed by atoms with van der Waals surface area (Å²) in [5.41, 5.74) is 6.11. The van der Waals surface area contributed by atoms with Crippen LogP contribution in [0.15, 0.2) is 36.4 Å². The number of H-pyrrole nitrogens is 1. The van der Waals surface area contributed by atoms with Gasteiger partial charge in [0.25, 0.3) is 5.91 Å². The summed E-state index contributed by atoms with van der Waals surface area (Å²) in [5, 5.41) is 1.87. The number of aromatic amines is 1. The number of nitrogens with one attached hydrogen (secondary N) is 1. The summed E-state index contributed by atoms with van der Waals surface area (Å²) < 4.78 is 0. The Morgan fingerprint density at radius 2 is 1.90 bits per heavy atom. The Hall–Kier alpha value is -2.63. The molecule has 0 aliphatic carbocycles. The molecule has 154 valence electrons. The molecule has 1 aromatic heterocycles. The van der Waals surface area contributed by atoms with Gasteiger partial charge < -0.3 is 4.98 Å². The summed E-state index contributed by atoms with van der Waals surface area (Å²) in [7, 11) is 0. The number of aromatic nitrogens is 1. The maximum absolute atomic E-state index is 13.4. The van der Waals surface area contributed by atoms with Crippen LogP contribution in [0.25, 0.3) is 10.9 Å². The van der Waals surface area contributed by atoms with E-state index in [-0.39, 0.29) is 24.3 Å². The number of fused-ring (bicyclic) bond motifs is 3. The SMILES string of the molecule is Cc1ccc(C)c(N2C(=O)CC(N3CCc4c([nH]c5ccc(Cl)cc45)C3C)C2=O)c1. The number of rotatable bonds is 2. The number of hydrogen-bond acceptors (Lipinski definition) is 3. The van der Waals surface area contributed by atoms with Gasteiger partial charge in [0.1, 0.15) is 0 Å². The molecule has 6 heteroatoms. The fourth-order valence-corrected chi connectivity index (χ4v) is 5.15. The number of hydrogen-bond donors (Lipinski definition) is 1. The number of carbonyl (C=O) groups excluding carboxylic acids is 2. The average molecular weight is 422 g/mol. The Kier molecular flexibility index (Phi) is 4.49. The van der Waals surface area contributed by atoms with Crippen molar-refractivity contribution in [1.29, 1.82) is 0 Å². The normalized spacial score (nSPS) is 22.2. The molecule has 2 atom stereocenters. The Labute approximate surface area is 180 Å². The van der Waals surface area contributed by atoms with E-state index >= 15 is 0 Å². The Morgan fingerprint density at radius 3 is 2.70 bits per heavy atom. The lowest BCUT2D eigenvalue weighted by atomic mass is 9.96. The second kappa shape index (κ2) is 6.96. The van der Waals surface area contributed by atoms with Crippen LogP contribution in [0.3, 0.4) is 0 Å². The lowest BCUT2D eigenvalue weighted by molar-refractivity contribution is -0.123. The van der Waals surface area contributed by atoms with Crippen molar-refractivity contribution in [2.24, 2.45) is 0 Å². The van der Waals surface area contributed by atoms with Crippen LogP contribution in [-0.4, -0.2) is 34.3 Å². The number of imide groups is 1. The van der Waals surface area contributed by atoms with Gasteiger partial charge in [0, 0.05) is 34.2 Å². The minimum atomic E-state index is -0.435. The van der Waals surface area contributed by atoms with Crippen molar-refractivity contribution < 1.29 is 9.59 Å². The van der Waals surface area contributed by atoms with E-state index in [1.807, 2.05) is 50.2 Å². The topological polar surface area (TPSA) is 56.4 Å². The van der Waals surface area contributed by atoms with Crippen molar-refractivity contribution in [2.75, 3.05) is 11.4 Å². The fourth-order valence-electron chi connectivity index (χ4n) is 4.98. The molecule has 3 heterocycles. The number of nitrogens with zero attached hydrogens (tertiary/aromatic N) is 2. The van der Waals surface area contributed by atoms with Crippen LogP contribution >= 0.6 is 11.6 Å². The van der Waals surface area contributed by atoms with Gasteiger partial charge >= 0.3 is 0 Å². The molecule has 3 aromatic rings. The van der Waals surface area contributed by atoms with Crippen molar-refractivity contribution in [1.82, 2.24) is 9.88 Å². The van der Waals surface area contributed by atoms with Crippen LogP contribution in [0.4, 0.5) is 5.69 Å². The molecule has 2 amide bonds. The van der Waals surface area contributed by atoms with Gasteiger partial charge in [-0.2, -0.15) is 0 Å². The van der Waals surface area contributed by atoms with Gasteiger partial charge in [0.2, 0.25) is 5.91 Å². The van der Waals surface area contributed by atoms with E-state index in [2.05, 4.69) is 16.8 Å². The van der Waals surface area contributed by atoms with Crippen LogP contribution < -0.4 is 4.90 Å². The van der Waals surface area contributed by atoms with Crippen molar-refractivity contribution in [3.05, 3.63) is 63.8 Å². The van der Waals surface area contributed by atoms with E-state index in [4.69, 9.17) is 11.6 Å². The summed E-state index contributed by atoms with van der Waals surface area (Å²) in [4.78, 5) is 33.4. The summed E-state index contributed by atoms with van der Waals surface area (Å²) in [6, 6.07) is 11.3. The summed E-state index contributed by atoms with van der Waals surface area (Å²) in [6.07, 6.45) is 1.04. The smallest absolute Gasteiger partial charge is 0.251 e. The summed E-state index contributed by atoms with van der Waals surface area (Å²) in [6.45, 7) is 6.75. The third-order valence-electron chi connectivity index (χ3n) is 6.57. The first-order chi connectivity index (χ1) is 14.3. The van der Waals surface area contributed by atoms with E-state index < -0.39 is 6.04 Å². The maximum Gasteiger partial charge on any atom is 0.251 e. The van der Waals surface area contributed by atoms with E-state index in [1.165, 1.54) is 10.5 Å². The standard InChI is InChI=1S/C24H24ClN3O2/c1-13-4-5-14(2)20(10-13)28-22(29)12-21(24(28)30)27-9-8-17-18-11-16(25)6-7-19(18)26-23(17)15(27)3/h4-7,10-11,15,21,26H,8-9,12H2,1-3H3. The lowest BCUT2D eigenvalue weighted by Crippen LogP contribution is -2.46. The first kappa shape index (κ1) is 19.3. The van der Waals surface area contributed by atoms with E-state index in [0.29, 0.717) is 5.69 Å². The van der Waals surface area contributed by atoms with E-state index in [9.17, 15) is 9.59 Å². The van der Waals surface area contributed by atoms with Gasteiger partial charge in [-0.15, -0.1) is 0 Å². The lowest BCUT2D eigenvalue weighted by Gasteiger charge is -2.36. The van der Waals surface area contributed by atoms with Crippen molar-refractivity contribution in [2.45, 2.75) is 45.7 Å². The van der Waals surface area contributed by atoms with E-state index in [0.717, 1.165) is 45.7 Å². The summed E-state index contributed by atoms with van der Waals surface area (Å²) >= 11 is 6.21. The second-order valence-electron chi connectivity index (χ2n) is 8.45. The Balaban J connectivity index is 1.48. The monoisotopic (exact) mass is 421 g/mol. The van der Waals surface area contributed by atoms with Gasteiger partial charge in [0.05, 0.1) is 18.2 Å². The first-order valence-electron chi connectivity index (χ1n) is 10.3. The molecule has 2 aromatic carbocycles. The molecule has 5 nitrogen and oxygen atoms in total. The van der Waals surface area contributed by atoms with Crippen LogP contribution in [0.5, 0.6) is 0 Å². The molecule has 30 heavy (non-hydrogen) atoms. The Bertz CT molecular complexity index is 1200. The molecule has 0 bridgehead atoms. The summed E-state index contributed by atoms with van der Waals surface area (Å²) in [5.74, 6) is -0.247. The van der Waals surface area contributed by atoms with Gasteiger partial charge in [0.15, 0.2) is 0 Å². The van der Waals surface area contributed by atoms with Gasteiger partial charge in [-0.1, -0.05) is 23.7 Å². The predicted molar refractivity (Wildman–Crippen MR) is 119 cm³/mol. The van der Waals surface area contributed by atoms with Gasteiger partial charge in [-0.05, 0) is 68.1 Å². The number of anilines is 1. The predicted octanol–water partition coefficient (Wildman–Crippen LogP) is 4.69. The highest BCUT2D eigenvalue weighted by atomic mass is 35.5. The zero-order chi connectivity index (χ0) is 21.2. The molecular formula is C24H24ClN3O2. The highest BCUT2D eigenvalue weighted by molar-refractivity contribution is 6.31. The molecule has 2 aliphatic heterocycles. The number of carbonyl (C=O) groups is 2. The van der Waals surface area contributed by atoms with E-state index in [1.54, 1.807) is 0 Å². The van der Waals surface area contributed by atoms with Crippen molar-refractivity contribution in [3.8, 4) is 0 Å². The van der Waals surface area contributed by atoms with Gasteiger partial charge in [-0.3, -0.25) is 14.5 Å². The zero-order valence-electron chi connectivity index (χ0n) is 17.3. The maximum atomic E-state index is 13.4. The highest BCUT2D eigenvalue weighted by Gasteiger charge is 2.46. The molecule has 0 radical (unpaired) electrons. The zero-order valence-corrected chi connectivity index (χ0v) is 18.1. The minimum Gasteiger partial charge on any atom is -0.357 e. The first-order valence-corrected chi connectivity index (χ1v) is 10.7. The third kappa shape index (κ3) is 2.88. The van der Waals surface area contributed by atoms with Crippen LogP contribution in [0, 0.1) is 13.8 Å². The fraction of sp³-hybridized carbons (Fsp3) is 0.333. The molecule has 0 spiro atoms. The molecule has 2 aliphatic rings. The van der Waals surface area contributed by atoms with Crippen LogP contribution in [-0.2, 0) is 16.0 Å². The molecule has 1 N–H and O–H groups in total. The molecular weight excluding hydrogens is 398 g/mol. The van der Waals surface area contributed by atoms with Crippen molar-refractivity contribution in [3.63, 3.8) is 0 Å². The highest BCUT2D eigenvalue weighted by Crippen LogP contribution is 2.39. The Morgan fingerprint density at radius 1 is 1.10 bits per heavy atom. The third-order valence-corrected chi connectivity index (χ3v) is 6.80. The van der Waals surface area contributed by atoms with Crippen LogP contribution in [0.2, 0.25) is 5.02 Å². The minimum absolute atomic E-state index is 0.0141. The molecule has 0 saturated carbocycles. The molecule has 1 saturated heterocycles. The molecule has 1 fully saturated rings. The van der Waals surface area contributed by atoms with Crippen molar-refractivity contribution >= 4 is 40.0 Å². The van der Waals surface area contributed by atoms with Gasteiger partial charge in [-0.25, -0.2) is 4.90 Å². The molecule has 2 unspecified atom stereocenters. The number of benzene rings is 2. The number of halogens is 1. The molecule has 5 rings (SSSR count). The second-order valence-corrected chi connectivity index (χ2v) is 8.88. The number of aryl methyl sites for hydroxylation is 2. The number of amides is 2. The average Bonchev–Trinajstić information content (AvgIpc) is 3.22. The quantitative estimate of drug-likeness (QED) is 0.611.